The molecule has 2 N–H and O–H groups in total. The standard InChI is InChI=1S/C7H8INO3/c8-6(10)4-9-3-1-2-5(9)7(11)12/h1-3,7,11-12H,4H2. The van der Waals surface area contributed by atoms with E-state index in [4.69, 9.17) is 10.2 Å². The lowest BCUT2D eigenvalue weighted by molar-refractivity contribution is -0.110. The number of carbonyl (C=O) groups is 1. The van der Waals surface area contributed by atoms with Crippen LogP contribution in [0.15, 0.2) is 18.3 Å². The minimum absolute atomic E-state index is 0.0503. The molecule has 66 valence electrons. The van der Waals surface area contributed by atoms with Crippen molar-refractivity contribution in [1.82, 2.24) is 4.57 Å². The third kappa shape index (κ3) is 2.29. The number of aliphatic hydroxyl groups is 2. The van der Waals surface area contributed by atoms with E-state index in [9.17, 15) is 4.79 Å². The fourth-order valence-corrected chi connectivity index (χ4v) is 1.31. The van der Waals surface area contributed by atoms with Crippen molar-refractivity contribution in [2.24, 2.45) is 0 Å². The summed E-state index contributed by atoms with van der Waals surface area (Å²) in [4.78, 5) is 10.7. The molecule has 0 atom stereocenters. The predicted octanol–water partition coefficient (Wildman–Crippen LogP) is 0.433. The minimum atomic E-state index is -1.52. The molecule has 0 amide bonds. The Hall–Kier alpha value is -0.400. The lowest BCUT2D eigenvalue weighted by atomic mass is 10.4. The number of rotatable bonds is 3. The number of aromatic nitrogens is 1. The Morgan fingerprint density at radius 3 is 2.83 bits per heavy atom. The molecular formula is C7H8INO3. The molecule has 0 radical (unpaired) electrons. The van der Waals surface area contributed by atoms with Crippen LogP contribution in [-0.2, 0) is 11.3 Å². The van der Waals surface area contributed by atoms with Gasteiger partial charge in [0.25, 0.3) is 0 Å². The van der Waals surface area contributed by atoms with Crippen molar-refractivity contribution in [3.63, 3.8) is 0 Å². The van der Waals surface area contributed by atoms with Gasteiger partial charge in [0.05, 0.1) is 12.2 Å². The molecule has 0 bridgehead atoms. The summed E-state index contributed by atoms with van der Waals surface area (Å²) in [6.45, 7) is 0.167. The lowest BCUT2D eigenvalue weighted by Gasteiger charge is -2.07. The highest BCUT2D eigenvalue weighted by Crippen LogP contribution is 2.11. The van der Waals surface area contributed by atoms with Gasteiger partial charge in [0, 0.05) is 28.8 Å². The fourth-order valence-electron chi connectivity index (χ4n) is 0.940. The average Bonchev–Trinajstić information content (AvgIpc) is 2.33. The van der Waals surface area contributed by atoms with Crippen LogP contribution in [0.1, 0.15) is 12.0 Å². The van der Waals surface area contributed by atoms with Crippen LogP contribution in [-0.4, -0.2) is 18.6 Å². The molecule has 1 rings (SSSR count). The predicted molar refractivity (Wildman–Crippen MR) is 50.6 cm³/mol. The van der Waals surface area contributed by atoms with Gasteiger partial charge in [-0.1, -0.05) is 0 Å². The summed E-state index contributed by atoms with van der Waals surface area (Å²) in [5.74, 6) is 0. The molecule has 12 heavy (non-hydrogen) atoms. The number of nitrogens with zero attached hydrogens (tertiary/aromatic N) is 1. The maximum Gasteiger partial charge on any atom is 0.211 e. The Morgan fingerprint density at radius 1 is 1.67 bits per heavy atom. The Bertz CT molecular complexity index is 282. The third-order valence-corrected chi connectivity index (χ3v) is 1.76. The highest BCUT2D eigenvalue weighted by atomic mass is 127. The Morgan fingerprint density at radius 2 is 2.33 bits per heavy atom. The van der Waals surface area contributed by atoms with E-state index in [0.29, 0.717) is 5.69 Å². The van der Waals surface area contributed by atoms with Crippen LogP contribution in [0.4, 0.5) is 0 Å². The monoisotopic (exact) mass is 281 g/mol. The van der Waals surface area contributed by atoms with Crippen LogP contribution in [0.5, 0.6) is 0 Å². The highest BCUT2D eigenvalue weighted by Gasteiger charge is 2.09. The Labute approximate surface area is 83.0 Å². The molecule has 0 aliphatic rings. The summed E-state index contributed by atoms with van der Waals surface area (Å²) in [5.41, 5.74) is 0.333. The zero-order valence-corrected chi connectivity index (χ0v) is 8.30. The molecule has 4 nitrogen and oxygen atoms in total. The van der Waals surface area contributed by atoms with E-state index in [0.717, 1.165) is 0 Å². The van der Waals surface area contributed by atoms with E-state index in [2.05, 4.69) is 0 Å². The van der Waals surface area contributed by atoms with Gasteiger partial charge in [0.2, 0.25) is 3.79 Å². The average molecular weight is 281 g/mol. The van der Waals surface area contributed by atoms with Crippen LogP contribution < -0.4 is 0 Å². The summed E-state index contributed by atoms with van der Waals surface area (Å²) in [7, 11) is 0. The summed E-state index contributed by atoms with van der Waals surface area (Å²) in [5, 5.41) is 17.7. The second-order valence-corrected chi connectivity index (χ2v) is 3.49. The smallest absolute Gasteiger partial charge is 0.211 e. The van der Waals surface area contributed by atoms with E-state index in [-0.39, 0.29) is 10.3 Å². The van der Waals surface area contributed by atoms with Gasteiger partial charge < -0.3 is 14.8 Å². The van der Waals surface area contributed by atoms with Crippen molar-refractivity contribution >= 4 is 26.4 Å². The van der Waals surface area contributed by atoms with Crippen molar-refractivity contribution < 1.29 is 15.0 Å². The topological polar surface area (TPSA) is 62.5 Å². The van der Waals surface area contributed by atoms with Crippen LogP contribution in [0.3, 0.4) is 0 Å². The van der Waals surface area contributed by atoms with Gasteiger partial charge in [0.1, 0.15) is 0 Å². The molecule has 0 aliphatic heterocycles. The van der Waals surface area contributed by atoms with E-state index < -0.39 is 6.29 Å². The van der Waals surface area contributed by atoms with E-state index in [1.807, 2.05) is 0 Å². The second kappa shape index (κ2) is 4.01. The van der Waals surface area contributed by atoms with Crippen molar-refractivity contribution in [2.75, 3.05) is 0 Å². The number of aliphatic hydroxyl groups excluding tert-OH is 1. The number of carbonyl (C=O) groups excluding carboxylic acids is 1. The van der Waals surface area contributed by atoms with Crippen molar-refractivity contribution in [1.29, 1.82) is 0 Å². The van der Waals surface area contributed by atoms with Crippen molar-refractivity contribution in [3.05, 3.63) is 24.0 Å². The van der Waals surface area contributed by atoms with Gasteiger partial charge >= 0.3 is 0 Å². The van der Waals surface area contributed by atoms with Crippen LogP contribution in [0.25, 0.3) is 0 Å². The third-order valence-electron chi connectivity index (χ3n) is 1.42. The maximum absolute atomic E-state index is 10.7. The van der Waals surface area contributed by atoms with Gasteiger partial charge in [-0.2, -0.15) is 0 Å². The van der Waals surface area contributed by atoms with Crippen LogP contribution >= 0.6 is 22.6 Å². The zero-order chi connectivity index (χ0) is 9.14. The fraction of sp³-hybridized carbons (Fsp3) is 0.286. The number of hydrogen-bond donors (Lipinski definition) is 2. The lowest BCUT2D eigenvalue weighted by Crippen LogP contribution is -2.09. The summed E-state index contributed by atoms with van der Waals surface area (Å²) in [6, 6.07) is 3.22. The van der Waals surface area contributed by atoms with E-state index in [1.54, 1.807) is 40.9 Å². The molecule has 0 unspecified atom stereocenters. The largest absolute Gasteiger partial charge is 0.363 e. The van der Waals surface area contributed by atoms with Gasteiger partial charge in [-0.3, -0.25) is 4.79 Å². The van der Waals surface area contributed by atoms with Crippen molar-refractivity contribution in [2.45, 2.75) is 12.8 Å². The number of halogens is 1. The van der Waals surface area contributed by atoms with Crippen LogP contribution in [0.2, 0.25) is 0 Å². The Kier molecular flexibility index (Phi) is 3.24. The quantitative estimate of drug-likeness (QED) is 0.480. The normalized spacial score (nSPS) is 10.7. The minimum Gasteiger partial charge on any atom is -0.363 e. The molecule has 1 aromatic rings. The van der Waals surface area contributed by atoms with Gasteiger partial charge in [-0.05, 0) is 12.1 Å². The van der Waals surface area contributed by atoms with Crippen LogP contribution in [0, 0.1) is 0 Å². The Balaban J connectivity index is 2.84. The van der Waals surface area contributed by atoms with Gasteiger partial charge in [-0.15, -0.1) is 0 Å². The molecular weight excluding hydrogens is 273 g/mol. The van der Waals surface area contributed by atoms with Gasteiger partial charge in [0.15, 0.2) is 6.29 Å². The molecule has 1 heterocycles. The molecule has 0 fully saturated rings. The van der Waals surface area contributed by atoms with E-state index in [1.165, 1.54) is 4.57 Å². The zero-order valence-electron chi connectivity index (χ0n) is 6.14. The second-order valence-electron chi connectivity index (χ2n) is 2.29. The molecule has 0 aliphatic carbocycles. The SMILES string of the molecule is O=C(I)Cn1cccc1C(O)O. The van der Waals surface area contributed by atoms with Crippen molar-refractivity contribution in [3.8, 4) is 0 Å². The molecule has 0 spiro atoms. The first-order chi connectivity index (χ1) is 5.61. The first-order valence-corrected chi connectivity index (χ1v) is 4.38. The maximum atomic E-state index is 10.7. The first-order valence-electron chi connectivity index (χ1n) is 3.31. The summed E-state index contributed by atoms with van der Waals surface area (Å²) in [6.07, 6.45) is 0.112. The molecule has 5 heteroatoms. The molecule has 0 saturated carbocycles. The highest BCUT2D eigenvalue weighted by molar-refractivity contribution is 14.1. The van der Waals surface area contributed by atoms with E-state index >= 15 is 0 Å². The molecule has 1 aromatic heterocycles. The summed E-state index contributed by atoms with van der Waals surface area (Å²) < 4.78 is 1.45. The molecule has 0 aromatic carbocycles. The number of hydrogen-bond acceptors (Lipinski definition) is 3. The first kappa shape index (κ1) is 9.69. The summed E-state index contributed by atoms with van der Waals surface area (Å²) >= 11 is 1.66. The molecule has 0 saturated heterocycles. The van der Waals surface area contributed by atoms with Gasteiger partial charge in [-0.25, -0.2) is 0 Å².